The molecule has 0 amide bonds. The van der Waals surface area contributed by atoms with Crippen molar-refractivity contribution in [3.05, 3.63) is 42.1 Å². The van der Waals surface area contributed by atoms with E-state index in [1.54, 1.807) is 6.07 Å². The van der Waals surface area contributed by atoms with Crippen molar-refractivity contribution >= 4 is 0 Å². The fourth-order valence-electron chi connectivity index (χ4n) is 1.58. The third-order valence-electron chi connectivity index (χ3n) is 2.61. The predicted molar refractivity (Wildman–Crippen MR) is 52.1 cm³/mol. The van der Waals surface area contributed by atoms with Crippen LogP contribution in [0.3, 0.4) is 0 Å². The zero-order valence-electron chi connectivity index (χ0n) is 7.89. The van der Waals surface area contributed by atoms with E-state index in [9.17, 15) is 4.39 Å². The van der Waals surface area contributed by atoms with Crippen LogP contribution in [0.5, 0.6) is 0 Å². The van der Waals surface area contributed by atoms with E-state index in [0.717, 1.165) is 24.0 Å². The molecule has 0 aromatic heterocycles. The van der Waals surface area contributed by atoms with Gasteiger partial charge in [0.1, 0.15) is 5.82 Å². The maximum Gasteiger partial charge on any atom is 0.126 e. The van der Waals surface area contributed by atoms with E-state index < -0.39 is 0 Å². The average molecular weight is 177 g/mol. The van der Waals surface area contributed by atoms with Gasteiger partial charge in [0.05, 0.1) is 0 Å². The first-order valence-electron chi connectivity index (χ1n) is 4.81. The number of hydrogen-bond acceptors (Lipinski definition) is 0. The molecule has 0 heterocycles. The second-order valence-electron chi connectivity index (χ2n) is 3.96. The second kappa shape index (κ2) is 3.13. The Morgan fingerprint density at radius 3 is 2.69 bits per heavy atom. The quantitative estimate of drug-likeness (QED) is 0.647. The lowest BCUT2D eigenvalue weighted by molar-refractivity contribution is 0.609. The highest BCUT2D eigenvalue weighted by Crippen LogP contribution is 2.41. The highest BCUT2D eigenvalue weighted by Gasteiger charge is 2.26. The number of hydrogen-bond donors (Lipinski definition) is 0. The largest absolute Gasteiger partial charge is 0.207 e. The normalized spacial score (nSPS) is 16.6. The second-order valence-corrected chi connectivity index (χ2v) is 3.96. The Hall–Kier alpha value is -0.850. The van der Waals surface area contributed by atoms with Crippen LogP contribution in [-0.4, -0.2) is 0 Å². The van der Waals surface area contributed by atoms with Crippen LogP contribution < -0.4 is 0 Å². The van der Waals surface area contributed by atoms with Gasteiger partial charge in [0.15, 0.2) is 0 Å². The van der Waals surface area contributed by atoms with Crippen LogP contribution >= 0.6 is 0 Å². The van der Waals surface area contributed by atoms with Gasteiger partial charge in [0.25, 0.3) is 0 Å². The third-order valence-corrected chi connectivity index (χ3v) is 2.61. The first kappa shape index (κ1) is 8.74. The lowest BCUT2D eigenvalue weighted by Gasteiger charge is -2.08. The summed E-state index contributed by atoms with van der Waals surface area (Å²) in [4.78, 5) is 0. The minimum atomic E-state index is -0.0492. The zero-order chi connectivity index (χ0) is 9.42. The molecule has 0 nitrogen and oxygen atoms in total. The van der Waals surface area contributed by atoms with Gasteiger partial charge in [-0.2, -0.15) is 0 Å². The van der Waals surface area contributed by atoms with Crippen LogP contribution in [0.1, 0.15) is 42.7 Å². The molecule has 2 rings (SSSR count). The van der Waals surface area contributed by atoms with Crippen molar-refractivity contribution in [3.63, 3.8) is 0 Å². The van der Waals surface area contributed by atoms with Crippen LogP contribution in [0, 0.1) is 12.7 Å². The molecule has 0 aliphatic heterocycles. The fourth-order valence-corrected chi connectivity index (χ4v) is 1.58. The Morgan fingerprint density at radius 2 is 2.15 bits per heavy atom. The highest BCUT2D eigenvalue weighted by molar-refractivity contribution is 5.32. The summed E-state index contributed by atoms with van der Waals surface area (Å²) < 4.78 is 13.3. The third kappa shape index (κ3) is 1.74. The first-order valence-corrected chi connectivity index (χ1v) is 4.81. The molecule has 1 aliphatic carbocycles. The summed E-state index contributed by atoms with van der Waals surface area (Å²) in [5.74, 6) is 0.684. The Balaban J connectivity index is 2.36. The Kier molecular flexibility index (Phi) is 2.10. The molecule has 0 N–H and O–H groups in total. The van der Waals surface area contributed by atoms with Gasteiger partial charge in [0, 0.05) is 0 Å². The molecule has 13 heavy (non-hydrogen) atoms. The summed E-state index contributed by atoms with van der Waals surface area (Å²) in [6, 6.07) is 5.38. The summed E-state index contributed by atoms with van der Waals surface area (Å²) in [7, 11) is 0. The summed E-state index contributed by atoms with van der Waals surface area (Å²) >= 11 is 0. The van der Waals surface area contributed by atoms with Crippen LogP contribution in [0.4, 0.5) is 4.39 Å². The van der Waals surface area contributed by atoms with Gasteiger partial charge in [-0.15, -0.1) is 0 Å². The molecule has 0 saturated heterocycles. The molecule has 1 atom stereocenters. The van der Waals surface area contributed by atoms with Gasteiger partial charge >= 0.3 is 0 Å². The lowest BCUT2D eigenvalue weighted by Crippen LogP contribution is -1.93. The Labute approximate surface area is 78.8 Å². The SMILES string of the molecule is [CH2]C(C)c1ccc(F)c(C2CC2)c1. The Bertz CT molecular complexity index is 311. The molecule has 1 heteroatoms. The number of benzene rings is 1. The van der Waals surface area contributed by atoms with Crippen molar-refractivity contribution in [1.29, 1.82) is 0 Å². The monoisotopic (exact) mass is 177 g/mol. The summed E-state index contributed by atoms with van der Waals surface area (Å²) in [5, 5.41) is 0. The van der Waals surface area contributed by atoms with E-state index >= 15 is 0 Å². The smallest absolute Gasteiger partial charge is 0.126 e. The maximum absolute atomic E-state index is 13.3. The lowest BCUT2D eigenvalue weighted by atomic mass is 9.99. The van der Waals surface area contributed by atoms with Crippen molar-refractivity contribution in [2.24, 2.45) is 0 Å². The van der Waals surface area contributed by atoms with E-state index in [2.05, 4.69) is 6.92 Å². The number of rotatable bonds is 2. The number of halogens is 1. The van der Waals surface area contributed by atoms with Crippen molar-refractivity contribution in [1.82, 2.24) is 0 Å². The van der Waals surface area contributed by atoms with E-state index in [4.69, 9.17) is 0 Å². The van der Waals surface area contributed by atoms with Crippen molar-refractivity contribution in [2.45, 2.75) is 31.6 Å². The highest BCUT2D eigenvalue weighted by atomic mass is 19.1. The summed E-state index contributed by atoms with van der Waals surface area (Å²) in [5.41, 5.74) is 2.04. The topological polar surface area (TPSA) is 0 Å². The predicted octanol–water partition coefficient (Wildman–Crippen LogP) is 3.64. The van der Waals surface area contributed by atoms with Gasteiger partial charge in [-0.05, 0) is 48.8 Å². The van der Waals surface area contributed by atoms with Gasteiger partial charge in [0.2, 0.25) is 0 Å². The standard InChI is InChI=1S/C12H14F/c1-8(2)10-5-6-12(13)11(7-10)9-3-4-9/h5-9H,1,3-4H2,2H3. The van der Waals surface area contributed by atoms with Crippen molar-refractivity contribution in [3.8, 4) is 0 Å². The minimum Gasteiger partial charge on any atom is -0.207 e. The molecule has 1 radical (unpaired) electrons. The average Bonchev–Trinajstić information content (AvgIpc) is 2.87. The molecule has 0 spiro atoms. The first-order chi connectivity index (χ1) is 6.18. The molecule has 1 saturated carbocycles. The van der Waals surface area contributed by atoms with Crippen LogP contribution in [-0.2, 0) is 0 Å². The van der Waals surface area contributed by atoms with Crippen molar-refractivity contribution in [2.75, 3.05) is 0 Å². The maximum atomic E-state index is 13.3. The van der Waals surface area contributed by atoms with E-state index in [0.29, 0.717) is 5.92 Å². The molecule has 1 fully saturated rings. The van der Waals surface area contributed by atoms with E-state index in [1.807, 2.05) is 19.1 Å². The van der Waals surface area contributed by atoms with Gasteiger partial charge in [-0.3, -0.25) is 0 Å². The van der Waals surface area contributed by atoms with E-state index in [1.165, 1.54) is 0 Å². The zero-order valence-corrected chi connectivity index (χ0v) is 7.89. The molecule has 0 bridgehead atoms. The molecule has 69 valence electrons. The molecule has 1 unspecified atom stereocenters. The Morgan fingerprint density at radius 1 is 1.46 bits per heavy atom. The van der Waals surface area contributed by atoms with Gasteiger partial charge in [-0.1, -0.05) is 19.1 Å². The van der Waals surface area contributed by atoms with Crippen LogP contribution in [0.25, 0.3) is 0 Å². The van der Waals surface area contributed by atoms with Crippen LogP contribution in [0.2, 0.25) is 0 Å². The molecule has 1 aliphatic rings. The van der Waals surface area contributed by atoms with E-state index in [-0.39, 0.29) is 11.7 Å². The molecule has 1 aromatic rings. The van der Waals surface area contributed by atoms with Crippen molar-refractivity contribution < 1.29 is 4.39 Å². The molecular formula is C12H14F. The summed E-state index contributed by atoms with van der Waals surface area (Å²) in [6.45, 7) is 5.97. The molecule has 1 aromatic carbocycles. The van der Waals surface area contributed by atoms with Crippen LogP contribution in [0.15, 0.2) is 18.2 Å². The minimum absolute atomic E-state index is 0.0492. The van der Waals surface area contributed by atoms with Gasteiger partial charge < -0.3 is 0 Å². The molecular weight excluding hydrogens is 163 g/mol. The summed E-state index contributed by atoms with van der Waals surface area (Å²) in [6.07, 6.45) is 2.29. The van der Waals surface area contributed by atoms with Gasteiger partial charge in [-0.25, -0.2) is 4.39 Å². The fraction of sp³-hybridized carbons (Fsp3) is 0.417.